The molecule has 1 saturated heterocycles. The molecule has 2 unspecified atom stereocenters. The number of amides is 2. The maximum atomic E-state index is 12.8. The van der Waals surface area contributed by atoms with Crippen molar-refractivity contribution in [2.45, 2.75) is 29.1 Å². The number of carboxylic acids is 2. The highest BCUT2D eigenvalue weighted by atomic mass is 32.2. The maximum absolute atomic E-state index is 12.8. The summed E-state index contributed by atoms with van der Waals surface area (Å²) in [5.41, 5.74) is 0.497. The summed E-state index contributed by atoms with van der Waals surface area (Å²) in [5, 5.41) is 46.6. The molecule has 3 heterocycles. The van der Waals surface area contributed by atoms with E-state index in [4.69, 9.17) is 5.11 Å². The summed E-state index contributed by atoms with van der Waals surface area (Å²) in [6, 6.07) is 4.37. The number of benzene rings is 1. The van der Waals surface area contributed by atoms with Crippen LogP contribution in [0.25, 0.3) is 0 Å². The van der Waals surface area contributed by atoms with Gasteiger partial charge in [0.2, 0.25) is 5.16 Å². The van der Waals surface area contributed by atoms with Gasteiger partial charge in [-0.25, -0.2) is 9.78 Å². The first-order valence-electron chi connectivity index (χ1n) is 10.1. The lowest BCUT2D eigenvalue weighted by molar-refractivity contribution is -0.151. The molecule has 1 aromatic carbocycles. The second kappa shape index (κ2) is 9.97. The van der Waals surface area contributed by atoms with Crippen molar-refractivity contribution in [1.82, 2.24) is 25.4 Å². The highest BCUT2D eigenvalue weighted by Crippen LogP contribution is 2.41. The number of aliphatic carboxylic acids is 2. The number of β-lactam (4-membered cyclic amide) rings is 1. The van der Waals surface area contributed by atoms with Gasteiger partial charge in [0.1, 0.15) is 35.1 Å². The molecule has 2 aliphatic rings. The number of nitrogens with one attached hydrogen (secondary N) is 2. The van der Waals surface area contributed by atoms with E-state index in [1.165, 1.54) is 36.0 Å². The Labute approximate surface area is 205 Å². The molecule has 0 bridgehead atoms. The van der Waals surface area contributed by atoms with E-state index in [1.54, 1.807) is 0 Å². The van der Waals surface area contributed by atoms with Crippen molar-refractivity contribution in [3.05, 3.63) is 46.9 Å². The van der Waals surface area contributed by atoms with Crippen molar-refractivity contribution in [2.75, 3.05) is 11.5 Å². The van der Waals surface area contributed by atoms with E-state index in [9.17, 15) is 34.5 Å². The molecule has 2 aliphatic heterocycles. The van der Waals surface area contributed by atoms with Gasteiger partial charge in [0.05, 0.1) is 0 Å². The minimum Gasteiger partial charge on any atom is -0.508 e. The number of nitrogens with zero attached hydrogens (tertiary/aromatic N) is 3. The standard InChI is InChI=1S/C20H19N5O8S2/c26-10-3-1-8(2-4-10)15(29)16(30)22-13-17(31)25-14(19(32)33)9(6-34-18(13)25)7-35-20-21-11(23-24-20)5-12(27)28/h1-4,13,15,18,26,29H,5-7H2,(H,22,30)(H,27,28)(H,32,33)(H,21,23,24)/t13?,15?,18-/m1/s1. The summed E-state index contributed by atoms with van der Waals surface area (Å²) < 4.78 is 0. The van der Waals surface area contributed by atoms with E-state index in [0.717, 1.165) is 16.7 Å². The van der Waals surface area contributed by atoms with Crippen LogP contribution in [0.15, 0.2) is 40.7 Å². The van der Waals surface area contributed by atoms with Crippen LogP contribution >= 0.6 is 23.5 Å². The Morgan fingerprint density at radius 3 is 2.63 bits per heavy atom. The topological polar surface area (TPSA) is 206 Å². The van der Waals surface area contributed by atoms with Crippen LogP contribution in [0.1, 0.15) is 17.5 Å². The summed E-state index contributed by atoms with van der Waals surface area (Å²) >= 11 is 2.37. The van der Waals surface area contributed by atoms with Crippen LogP contribution in [-0.2, 0) is 25.6 Å². The first-order chi connectivity index (χ1) is 16.7. The average Bonchev–Trinajstić information content (AvgIpc) is 3.26. The van der Waals surface area contributed by atoms with Gasteiger partial charge in [-0.3, -0.25) is 24.4 Å². The first kappa shape index (κ1) is 24.6. The lowest BCUT2D eigenvalue weighted by atomic mass is 10.0. The van der Waals surface area contributed by atoms with Gasteiger partial charge < -0.3 is 25.7 Å². The second-order valence-electron chi connectivity index (χ2n) is 7.57. The number of carboxylic acid groups (broad SMARTS) is 2. The summed E-state index contributed by atoms with van der Waals surface area (Å²) in [6.45, 7) is 0. The number of hydrogen-bond acceptors (Lipinski definition) is 10. The molecule has 0 saturated carbocycles. The van der Waals surface area contributed by atoms with Crippen LogP contribution in [0, 0.1) is 0 Å². The maximum Gasteiger partial charge on any atom is 0.352 e. The van der Waals surface area contributed by atoms with E-state index >= 15 is 0 Å². The number of aromatic amines is 1. The normalized spacial score (nSPS) is 20.1. The van der Waals surface area contributed by atoms with Crippen LogP contribution in [0.5, 0.6) is 5.75 Å². The fourth-order valence-corrected chi connectivity index (χ4v) is 5.85. The third-order valence-electron chi connectivity index (χ3n) is 5.21. The summed E-state index contributed by atoms with van der Waals surface area (Å²) in [7, 11) is 0. The number of hydrogen-bond donors (Lipinski definition) is 6. The van der Waals surface area contributed by atoms with Crippen molar-refractivity contribution in [3.63, 3.8) is 0 Å². The zero-order valence-electron chi connectivity index (χ0n) is 17.7. The van der Waals surface area contributed by atoms with Gasteiger partial charge in [-0.15, -0.1) is 16.9 Å². The number of aromatic hydroxyl groups is 1. The lowest BCUT2D eigenvalue weighted by Gasteiger charge is -2.49. The van der Waals surface area contributed by atoms with Crippen molar-refractivity contribution in [1.29, 1.82) is 0 Å². The largest absolute Gasteiger partial charge is 0.508 e. The Kier molecular flexibility index (Phi) is 7.00. The molecule has 3 atom stereocenters. The fraction of sp³-hybridized carbons (Fsp3) is 0.300. The van der Waals surface area contributed by atoms with Gasteiger partial charge in [-0.05, 0) is 23.3 Å². The number of aromatic nitrogens is 3. The molecule has 2 aromatic rings. The Bertz CT molecular complexity index is 1210. The molecular formula is C20H19N5O8S2. The molecule has 184 valence electrons. The number of aliphatic hydroxyl groups is 1. The number of carbonyl (C=O) groups excluding carboxylic acids is 2. The molecule has 1 aromatic heterocycles. The number of H-pyrrole nitrogens is 1. The lowest BCUT2D eigenvalue weighted by Crippen LogP contribution is -2.70. The van der Waals surface area contributed by atoms with Gasteiger partial charge in [0.25, 0.3) is 11.8 Å². The molecule has 1 fully saturated rings. The predicted octanol–water partition coefficient (Wildman–Crippen LogP) is -0.298. The molecule has 35 heavy (non-hydrogen) atoms. The van der Waals surface area contributed by atoms with E-state index in [0.29, 0.717) is 5.57 Å². The highest BCUT2D eigenvalue weighted by Gasteiger charge is 2.54. The third kappa shape index (κ3) is 5.11. The molecule has 0 spiro atoms. The summed E-state index contributed by atoms with van der Waals surface area (Å²) in [6.07, 6.45) is -1.90. The second-order valence-corrected chi connectivity index (χ2v) is 9.62. The Balaban J connectivity index is 1.42. The summed E-state index contributed by atoms with van der Waals surface area (Å²) in [5.74, 6) is -3.25. The molecule has 6 N–H and O–H groups in total. The van der Waals surface area contributed by atoms with Crippen molar-refractivity contribution >= 4 is 47.3 Å². The number of rotatable bonds is 9. The van der Waals surface area contributed by atoms with E-state index in [2.05, 4.69) is 20.5 Å². The molecule has 15 heteroatoms. The minimum atomic E-state index is -1.57. The van der Waals surface area contributed by atoms with Crippen molar-refractivity contribution in [3.8, 4) is 5.75 Å². The fourth-order valence-electron chi connectivity index (χ4n) is 3.55. The minimum absolute atomic E-state index is 0.0319. The first-order valence-corrected chi connectivity index (χ1v) is 12.1. The number of thioether (sulfide) groups is 2. The zero-order valence-corrected chi connectivity index (χ0v) is 19.4. The monoisotopic (exact) mass is 521 g/mol. The Morgan fingerprint density at radius 1 is 1.26 bits per heavy atom. The zero-order chi connectivity index (χ0) is 25.3. The summed E-state index contributed by atoms with van der Waals surface area (Å²) in [4.78, 5) is 53.1. The van der Waals surface area contributed by atoms with Gasteiger partial charge in [-0.1, -0.05) is 23.9 Å². The van der Waals surface area contributed by atoms with Crippen LogP contribution in [-0.4, -0.2) is 87.2 Å². The number of aliphatic hydroxyl groups excluding tert-OH is 1. The van der Waals surface area contributed by atoms with Crippen LogP contribution in [0.4, 0.5) is 0 Å². The predicted molar refractivity (Wildman–Crippen MR) is 121 cm³/mol. The highest BCUT2D eigenvalue weighted by molar-refractivity contribution is 8.01. The smallest absolute Gasteiger partial charge is 0.352 e. The molecule has 2 amide bonds. The van der Waals surface area contributed by atoms with E-state index in [-0.39, 0.29) is 45.9 Å². The number of carbonyl (C=O) groups is 4. The SMILES string of the molecule is O=C(O)Cc1nc(SCC2=C(C(=O)O)N3C(=O)C(NC(=O)C(O)c4ccc(O)cc4)[C@H]3SC2)n[nH]1. The van der Waals surface area contributed by atoms with Crippen LogP contribution < -0.4 is 5.32 Å². The quantitative estimate of drug-likeness (QED) is 0.186. The van der Waals surface area contributed by atoms with Crippen LogP contribution in [0.2, 0.25) is 0 Å². The van der Waals surface area contributed by atoms with Gasteiger partial charge in [0, 0.05) is 11.5 Å². The average molecular weight is 522 g/mol. The molecule has 13 nitrogen and oxygen atoms in total. The number of phenolic OH excluding ortho intramolecular Hbond substituents is 1. The third-order valence-corrected chi connectivity index (χ3v) is 7.48. The van der Waals surface area contributed by atoms with Gasteiger partial charge in [0.15, 0.2) is 6.10 Å². The van der Waals surface area contributed by atoms with Gasteiger partial charge in [-0.2, -0.15) is 0 Å². The molecule has 4 rings (SSSR count). The van der Waals surface area contributed by atoms with Crippen molar-refractivity contribution in [2.24, 2.45) is 0 Å². The van der Waals surface area contributed by atoms with Gasteiger partial charge >= 0.3 is 11.9 Å². The molecule has 0 radical (unpaired) electrons. The van der Waals surface area contributed by atoms with E-state index in [1.807, 2.05) is 0 Å². The Hall–Kier alpha value is -3.56. The molecular weight excluding hydrogens is 502 g/mol. The molecule has 0 aliphatic carbocycles. The number of fused-ring (bicyclic) bond motifs is 1. The van der Waals surface area contributed by atoms with Crippen LogP contribution in [0.3, 0.4) is 0 Å². The van der Waals surface area contributed by atoms with Crippen molar-refractivity contribution < 1.29 is 39.6 Å². The number of phenols is 1. The van der Waals surface area contributed by atoms with E-state index < -0.39 is 41.3 Å². The Morgan fingerprint density at radius 2 is 1.97 bits per heavy atom.